The monoisotopic (exact) mass is 298 g/mol. The van der Waals surface area contributed by atoms with E-state index in [1.165, 1.54) is 19.2 Å². The molecule has 1 saturated carbocycles. The Morgan fingerprint density at radius 2 is 2.10 bits per heavy atom. The van der Waals surface area contributed by atoms with E-state index < -0.39 is 10.0 Å². The molecule has 1 aromatic carbocycles. The lowest BCUT2D eigenvalue weighted by molar-refractivity contribution is 0.313. The van der Waals surface area contributed by atoms with Crippen molar-refractivity contribution in [3.63, 3.8) is 0 Å². The van der Waals surface area contributed by atoms with Crippen LogP contribution in [0.1, 0.15) is 33.1 Å². The van der Waals surface area contributed by atoms with Crippen LogP contribution in [0.2, 0.25) is 0 Å². The number of nitrogens with one attached hydrogen (secondary N) is 1. The molecule has 112 valence electrons. The van der Waals surface area contributed by atoms with Gasteiger partial charge in [-0.05, 0) is 30.4 Å². The van der Waals surface area contributed by atoms with Gasteiger partial charge in [0.2, 0.25) is 10.0 Å². The molecule has 0 saturated heterocycles. The van der Waals surface area contributed by atoms with Gasteiger partial charge in [-0.25, -0.2) is 13.1 Å². The van der Waals surface area contributed by atoms with Crippen LogP contribution in [-0.4, -0.2) is 21.6 Å². The minimum absolute atomic E-state index is 0.00896. The van der Waals surface area contributed by atoms with E-state index >= 15 is 0 Å². The standard InChI is InChI=1S/C14H22N2O3S/c1-14(2)8-4-5-13(14)16-20(17,18)10-6-7-11(15)12(9-10)19-3/h6-7,9,13,16H,4-5,8,15H2,1-3H3. The Kier molecular flexibility index (Phi) is 3.97. The highest BCUT2D eigenvalue weighted by Gasteiger charge is 2.37. The summed E-state index contributed by atoms with van der Waals surface area (Å²) in [5.74, 6) is 0.374. The molecule has 20 heavy (non-hydrogen) atoms. The van der Waals surface area contributed by atoms with Crippen LogP contribution in [0.5, 0.6) is 5.75 Å². The number of nitrogens with two attached hydrogens (primary N) is 1. The number of methoxy groups -OCH3 is 1. The first-order valence-corrected chi connectivity index (χ1v) is 8.20. The van der Waals surface area contributed by atoms with Gasteiger partial charge in [0.05, 0.1) is 17.7 Å². The summed E-state index contributed by atoms with van der Waals surface area (Å²) < 4.78 is 32.8. The predicted molar refractivity (Wildman–Crippen MR) is 79.1 cm³/mol. The molecule has 1 aliphatic carbocycles. The maximum atomic E-state index is 12.4. The largest absolute Gasteiger partial charge is 0.495 e. The number of benzene rings is 1. The van der Waals surface area contributed by atoms with Gasteiger partial charge in [0.15, 0.2) is 0 Å². The van der Waals surface area contributed by atoms with Crippen LogP contribution in [0.25, 0.3) is 0 Å². The Labute approximate surface area is 120 Å². The molecule has 1 aliphatic rings. The fourth-order valence-corrected chi connectivity index (χ4v) is 4.12. The van der Waals surface area contributed by atoms with E-state index in [-0.39, 0.29) is 16.4 Å². The topological polar surface area (TPSA) is 81.4 Å². The molecule has 5 nitrogen and oxygen atoms in total. The van der Waals surface area contributed by atoms with Crippen molar-refractivity contribution in [3.8, 4) is 5.75 Å². The number of sulfonamides is 1. The maximum Gasteiger partial charge on any atom is 0.240 e. The molecule has 1 unspecified atom stereocenters. The number of rotatable bonds is 4. The van der Waals surface area contributed by atoms with Crippen LogP contribution in [0.15, 0.2) is 23.1 Å². The first-order valence-electron chi connectivity index (χ1n) is 6.72. The van der Waals surface area contributed by atoms with Crippen molar-refractivity contribution in [2.45, 2.75) is 44.0 Å². The molecular formula is C14H22N2O3S. The van der Waals surface area contributed by atoms with Gasteiger partial charge in [-0.1, -0.05) is 20.3 Å². The molecule has 1 aromatic rings. The molecule has 0 heterocycles. The third-order valence-corrected chi connectivity index (χ3v) is 5.54. The molecular weight excluding hydrogens is 276 g/mol. The van der Waals surface area contributed by atoms with Crippen LogP contribution in [0.3, 0.4) is 0 Å². The van der Waals surface area contributed by atoms with Gasteiger partial charge < -0.3 is 10.5 Å². The van der Waals surface area contributed by atoms with Crippen LogP contribution >= 0.6 is 0 Å². The molecule has 2 rings (SSSR count). The van der Waals surface area contributed by atoms with Gasteiger partial charge in [-0.15, -0.1) is 0 Å². The highest BCUT2D eigenvalue weighted by Crippen LogP contribution is 2.38. The number of ether oxygens (including phenoxy) is 1. The first kappa shape index (κ1) is 15.1. The van der Waals surface area contributed by atoms with E-state index in [9.17, 15) is 8.42 Å². The fraction of sp³-hybridized carbons (Fsp3) is 0.571. The minimum Gasteiger partial charge on any atom is -0.495 e. The van der Waals surface area contributed by atoms with Crippen molar-refractivity contribution >= 4 is 15.7 Å². The minimum atomic E-state index is -3.55. The van der Waals surface area contributed by atoms with Crippen LogP contribution in [-0.2, 0) is 10.0 Å². The lowest BCUT2D eigenvalue weighted by Crippen LogP contribution is -2.41. The zero-order valence-electron chi connectivity index (χ0n) is 12.1. The van der Waals surface area contributed by atoms with Gasteiger partial charge in [0.25, 0.3) is 0 Å². The highest BCUT2D eigenvalue weighted by atomic mass is 32.2. The molecule has 1 atom stereocenters. The summed E-state index contributed by atoms with van der Waals surface area (Å²) in [5, 5.41) is 0. The van der Waals surface area contributed by atoms with Gasteiger partial charge in [0.1, 0.15) is 5.75 Å². The summed E-state index contributed by atoms with van der Waals surface area (Å²) in [5.41, 5.74) is 6.12. The molecule has 6 heteroatoms. The van der Waals surface area contributed by atoms with E-state index in [4.69, 9.17) is 10.5 Å². The van der Waals surface area contributed by atoms with Crippen molar-refractivity contribution < 1.29 is 13.2 Å². The second-order valence-corrected chi connectivity index (χ2v) is 7.67. The molecule has 0 spiro atoms. The van der Waals surface area contributed by atoms with Crippen LogP contribution in [0, 0.1) is 5.41 Å². The fourth-order valence-electron chi connectivity index (χ4n) is 2.66. The van der Waals surface area contributed by atoms with E-state index in [2.05, 4.69) is 18.6 Å². The zero-order valence-corrected chi connectivity index (χ0v) is 13.0. The van der Waals surface area contributed by atoms with Crippen molar-refractivity contribution in [2.75, 3.05) is 12.8 Å². The van der Waals surface area contributed by atoms with Crippen LogP contribution in [0.4, 0.5) is 5.69 Å². The number of hydrogen-bond acceptors (Lipinski definition) is 4. The number of nitrogen functional groups attached to an aromatic ring is 1. The molecule has 1 fully saturated rings. The average molecular weight is 298 g/mol. The highest BCUT2D eigenvalue weighted by molar-refractivity contribution is 7.89. The molecule has 0 aliphatic heterocycles. The van der Waals surface area contributed by atoms with E-state index in [1.54, 1.807) is 6.07 Å². The quantitative estimate of drug-likeness (QED) is 0.834. The zero-order chi connectivity index (χ0) is 15.0. The van der Waals surface area contributed by atoms with Crippen molar-refractivity contribution in [1.82, 2.24) is 4.72 Å². The predicted octanol–water partition coefficient (Wildman–Crippen LogP) is 2.13. The van der Waals surface area contributed by atoms with Gasteiger partial charge in [-0.3, -0.25) is 0 Å². The third kappa shape index (κ3) is 2.91. The number of hydrogen-bond donors (Lipinski definition) is 2. The second-order valence-electron chi connectivity index (χ2n) is 5.96. The Balaban J connectivity index is 2.27. The number of anilines is 1. The second kappa shape index (κ2) is 5.26. The molecule has 0 aromatic heterocycles. The van der Waals surface area contributed by atoms with E-state index in [1.807, 2.05) is 0 Å². The van der Waals surface area contributed by atoms with Crippen LogP contribution < -0.4 is 15.2 Å². The summed E-state index contributed by atoms with van der Waals surface area (Å²) in [6.45, 7) is 4.19. The first-order chi connectivity index (χ1) is 9.26. The van der Waals surface area contributed by atoms with Crippen molar-refractivity contribution in [2.24, 2.45) is 5.41 Å². The van der Waals surface area contributed by atoms with Gasteiger partial charge in [-0.2, -0.15) is 0 Å². The summed E-state index contributed by atoms with van der Waals surface area (Å²) in [7, 11) is -2.08. The Morgan fingerprint density at radius 1 is 1.40 bits per heavy atom. The summed E-state index contributed by atoms with van der Waals surface area (Å²) in [4.78, 5) is 0.186. The Hall–Kier alpha value is -1.27. The molecule has 0 amide bonds. The third-order valence-electron chi connectivity index (χ3n) is 4.07. The van der Waals surface area contributed by atoms with Crippen molar-refractivity contribution in [3.05, 3.63) is 18.2 Å². The maximum absolute atomic E-state index is 12.4. The van der Waals surface area contributed by atoms with Gasteiger partial charge in [0, 0.05) is 12.1 Å². The smallest absolute Gasteiger partial charge is 0.240 e. The van der Waals surface area contributed by atoms with Gasteiger partial charge >= 0.3 is 0 Å². The Morgan fingerprint density at radius 3 is 2.65 bits per heavy atom. The average Bonchev–Trinajstić information content (AvgIpc) is 2.68. The molecule has 3 N–H and O–H groups in total. The SMILES string of the molecule is COc1cc(S(=O)(=O)NC2CCCC2(C)C)ccc1N. The lowest BCUT2D eigenvalue weighted by Gasteiger charge is -2.27. The summed E-state index contributed by atoms with van der Waals surface area (Å²) in [6.07, 6.45) is 2.95. The normalized spacial score (nSPS) is 21.9. The summed E-state index contributed by atoms with van der Waals surface area (Å²) >= 11 is 0. The Bertz CT molecular complexity index is 596. The molecule has 0 radical (unpaired) electrons. The molecule has 0 bridgehead atoms. The summed E-state index contributed by atoms with van der Waals surface area (Å²) in [6, 6.07) is 4.48. The van der Waals surface area contributed by atoms with E-state index in [0.717, 1.165) is 19.3 Å². The van der Waals surface area contributed by atoms with E-state index in [0.29, 0.717) is 11.4 Å². The van der Waals surface area contributed by atoms with Crippen molar-refractivity contribution in [1.29, 1.82) is 0 Å². The lowest BCUT2D eigenvalue weighted by atomic mass is 9.88.